The predicted molar refractivity (Wildman–Crippen MR) is 117 cm³/mol. The minimum atomic E-state index is -0.0427. The molecule has 1 aliphatic heterocycles. The fourth-order valence-corrected chi connectivity index (χ4v) is 5.33. The lowest BCUT2D eigenvalue weighted by Crippen LogP contribution is -2.51. The lowest BCUT2D eigenvalue weighted by Gasteiger charge is -2.48. The highest BCUT2D eigenvalue weighted by Crippen LogP contribution is 2.46. The molecule has 1 heterocycles. The second-order valence-electron chi connectivity index (χ2n) is 8.56. The standard InChI is InChI=1S/C26H31NO2/c1-29-25(28)24-15-8-9-16-26(24)17-10-18-27(20-26)19-23(21-11-4-2-5-12-21)22-13-6-3-7-14-22/h2-9,11-14,23-24H,10,15-20H2,1H3/t24-,26-/m0/s1. The van der Waals surface area contributed by atoms with Crippen LogP contribution in [0.1, 0.15) is 42.7 Å². The number of allylic oxidation sites excluding steroid dienone is 2. The first-order valence-corrected chi connectivity index (χ1v) is 10.8. The van der Waals surface area contributed by atoms with Crippen molar-refractivity contribution in [3.05, 3.63) is 83.9 Å². The Morgan fingerprint density at radius 1 is 1.07 bits per heavy atom. The van der Waals surface area contributed by atoms with Gasteiger partial charge in [0.2, 0.25) is 0 Å². The quantitative estimate of drug-likeness (QED) is 0.530. The molecule has 0 aromatic heterocycles. The van der Waals surface area contributed by atoms with Gasteiger partial charge in [0.05, 0.1) is 13.0 Å². The van der Waals surface area contributed by atoms with Gasteiger partial charge in [-0.1, -0.05) is 72.8 Å². The van der Waals surface area contributed by atoms with Crippen LogP contribution in [0.3, 0.4) is 0 Å². The second-order valence-corrected chi connectivity index (χ2v) is 8.56. The minimum Gasteiger partial charge on any atom is -0.469 e. The summed E-state index contributed by atoms with van der Waals surface area (Å²) in [7, 11) is 1.52. The van der Waals surface area contributed by atoms with Crippen LogP contribution in [-0.4, -0.2) is 37.6 Å². The largest absolute Gasteiger partial charge is 0.469 e. The summed E-state index contributed by atoms with van der Waals surface area (Å²) in [5, 5.41) is 0. The number of nitrogens with zero attached hydrogens (tertiary/aromatic N) is 1. The van der Waals surface area contributed by atoms with Crippen LogP contribution in [0.2, 0.25) is 0 Å². The molecule has 152 valence electrons. The molecule has 0 radical (unpaired) electrons. The van der Waals surface area contributed by atoms with E-state index in [1.165, 1.54) is 18.2 Å². The molecule has 3 heteroatoms. The molecule has 4 rings (SSSR count). The van der Waals surface area contributed by atoms with E-state index in [4.69, 9.17) is 4.74 Å². The van der Waals surface area contributed by atoms with E-state index in [2.05, 4.69) is 77.7 Å². The Bertz CT molecular complexity index is 793. The maximum atomic E-state index is 12.5. The van der Waals surface area contributed by atoms with Crippen molar-refractivity contribution in [3.63, 3.8) is 0 Å². The Kier molecular flexibility index (Phi) is 6.15. The Hall–Kier alpha value is -2.39. The van der Waals surface area contributed by atoms with Crippen molar-refractivity contribution in [2.45, 2.75) is 31.6 Å². The number of benzene rings is 2. The third-order valence-electron chi connectivity index (χ3n) is 6.82. The van der Waals surface area contributed by atoms with Crippen molar-refractivity contribution >= 4 is 5.97 Å². The van der Waals surface area contributed by atoms with Gasteiger partial charge in [-0.25, -0.2) is 0 Å². The molecule has 3 nitrogen and oxygen atoms in total. The average molecular weight is 390 g/mol. The molecule has 0 amide bonds. The summed E-state index contributed by atoms with van der Waals surface area (Å²) in [5.74, 6) is 0.273. The predicted octanol–water partition coefficient (Wildman–Crippen LogP) is 5.04. The van der Waals surface area contributed by atoms with Gasteiger partial charge >= 0.3 is 5.97 Å². The summed E-state index contributed by atoms with van der Waals surface area (Å²) >= 11 is 0. The summed E-state index contributed by atoms with van der Waals surface area (Å²) in [4.78, 5) is 15.1. The lowest BCUT2D eigenvalue weighted by molar-refractivity contribution is -0.152. The Labute approximate surface area is 174 Å². The van der Waals surface area contributed by atoms with Crippen LogP contribution in [0.25, 0.3) is 0 Å². The number of hydrogen-bond acceptors (Lipinski definition) is 3. The average Bonchev–Trinajstić information content (AvgIpc) is 2.78. The molecule has 2 aromatic rings. The van der Waals surface area contributed by atoms with Gasteiger partial charge in [0.15, 0.2) is 0 Å². The van der Waals surface area contributed by atoms with E-state index in [9.17, 15) is 4.79 Å². The first-order chi connectivity index (χ1) is 14.2. The van der Waals surface area contributed by atoms with E-state index in [1.54, 1.807) is 0 Å². The van der Waals surface area contributed by atoms with Crippen LogP contribution in [0.4, 0.5) is 0 Å². The van der Waals surface area contributed by atoms with Gasteiger partial charge in [-0.3, -0.25) is 4.79 Å². The van der Waals surface area contributed by atoms with Crippen LogP contribution >= 0.6 is 0 Å². The first-order valence-electron chi connectivity index (χ1n) is 10.8. The number of likely N-dealkylation sites (tertiary alicyclic amines) is 1. The number of ether oxygens (including phenoxy) is 1. The molecule has 0 bridgehead atoms. The maximum absolute atomic E-state index is 12.5. The molecule has 1 saturated heterocycles. The Balaban J connectivity index is 1.58. The number of methoxy groups -OCH3 is 1. The van der Waals surface area contributed by atoms with Crippen molar-refractivity contribution < 1.29 is 9.53 Å². The highest BCUT2D eigenvalue weighted by Gasteiger charge is 2.46. The summed E-state index contributed by atoms with van der Waals surface area (Å²) in [6.45, 7) is 3.04. The summed E-state index contributed by atoms with van der Waals surface area (Å²) < 4.78 is 5.18. The van der Waals surface area contributed by atoms with Crippen LogP contribution in [0, 0.1) is 11.3 Å². The third-order valence-corrected chi connectivity index (χ3v) is 6.82. The molecule has 2 atom stereocenters. The molecule has 0 N–H and O–H groups in total. The Morgan fingerprint density at radius 2 is 1.72 bits per heavy atom. The second kappa shape index (κ2) is 8.96. The molecule has 2 aromatic carbocycles. The fraction of sp³-hybridized carbons (Fsp3) is 0.423. The topological polar surface area (TPSA) is 29.5 Å². The van der Waals surface area contributed by atoms with Gasteiger partial charge in [0, 0.05) is 24.4 Å². The zero-order valence-electron chi connectivity index (χ0n) is 17.3. The molecule has 29 heavy (non-hydrogen) atoms. The normalized spacial score (nSPS) is 24.7. The molecule has 0 unspecified atom stereocenters. The first kappa shape index (κ1) is 19.9. The van der Waals surface area contributed by atoms with Gasteiger partial charge in [-0.15, -0.1) is 0 Å². The van der Waals surface area contributed by atoms with Crippen LogP contribution < -0.4 is 0 Å². The van der Waals surface area contributed by atoms with Crippen LogP contribution in [0.5, 0.6) is 0 Å². The molecule has 2 aliphatic rings. The van der Waals surface area contributed by atoms with Gasteiger partial charge in [0.25, 0.3) is 0 Å². The summed E-state index contributed by atoms with van der Waals surface area (Å²) in [6, 6.07) is 21.6. The zero-order chi connectivity index (χ0) is 20.1. The van der Waals surface area contributed by atoms with Crippen molar-refractivity contribution in [2.75, 3.05) is 26.7 Å². The van der Waals surface area contributed by atoms with Crippen molar-refractivity contribution in [1.82, 2.24) is 4.90 Å². The van der Waals surface area contributed by atoms with Crippen molar-refractivity contribution in [1.29, 1.82) is 0 Å². The van der Waals surface area contributed by atoms with Crippen LogP contribution in [-0.2, 0) is 9.53 Å². The van der Waals surface area contributed by atoms with E-state index in [1.807, 2.05) is 0 Å². The maximum Gasteiger partial charge on any atom is 0.309 e. The smallest absolute Gasteiger partial charge is 0.309 e. The van der Waals surface area contributed by atoms with Gasteiger partial charge in [0.1, 0.15) is 0 Å². The fourth-order valence-electron chi connectivity index (χ4n) is 5.33. The molecule has 0 saturated carbocycles. The van der Waals surface area contributed by atoms with Crippen LogP contribution in [0.15, 0.2) is 72.8 Å². The third kappa shape index (κ3) is 4.30. The van der Waals surface area contributed by atoms with Gasteiger partial charge < -0.3 is 9.64 Å². The molecular formula is C26H31NO2. The van der Waals surface area contributed by atoms with Crippen molar-refractivity contribution in [3.8, 4) is 0 Å². The number of hydrogen-bond donors (Lipinski definition) is 0. The van der Waals surface area contributed by atoms with Crippen molar-refractivity contribution in [2.24, 2.45) is 11.3 Å². The van der Waals surface area contributed by atoms with E-state index >= 15 is 0 Å². The summed E-state index contributed by atoms with van der Waals surface area (Å²) in [5.41, 5.74) is 2.72. The molecular weight excluding hydrogens is 358 g/mol. The Morgan fingerprint density at radius 3 is 2.34 bits per heavy atom. The van der Waals surface area contributed by atoms with E-state index in [0.29, 0.717) is 5.92 Å². The molecule has 1 aliphatic carbocycles. The number of esters is 1. The minimum absolute atomic E-state index is 0.0119. The van der Waals surface area contributed by atoms with Gasteiger partial charge in [-0.2, -0.15) is 0 Å². The zero-order valence-corrected chi connectivity index (χ0v) is 17.3. The molecule has 1 spiro atoms. The highest BCUT2D eigenvalue weighted by atomic mass is 16.5. The van der Waals surface area contributed by atoms with E-state index < -0.39 is 0 Å². The van der Waals surface area contributed by atoms with E-state index in [-0.39, 0.29) is 17.3 Å². The SMILES string of the molecule is COC(=O)[C@@H]1CC=CC[C@@]12CCCN(CC(c1ccccc1)c1ccccc1)C2. The monoisotopic (exact) mass is 389 g/mol. The number of carbonyl (C=O) groups is 1. The molecule has 1 fully saturated rings. The number of rotatable bonds is 5. The number of piperidine rings is 1. The van der Waals surface area contributed by atoms with Gasteiger partial charge in [-0.05, 0) is 43.4 Å². The number of carbonyl (C=O) groups excluding carboxylic acids is 1. The lowest BCUT2D eigenvalue weighted by atomic mass is 9.64. The highest BCUT2D eigenvalue weighted by molar-refractivity contribution is 5.74. The van der Waals surface area contributed by atoms with E-state index in [0.717, 1.165) is 45.3 Å². The summed E-state index contributed by atoms with van der Waals surface area (Å²) in [6.07, 6.45) is 8.45.